The number of nitrogens with one attached hydrogen (secondary N) is 1. The Morgan fingerprint density at radius 2 is 1.63 bits per heavy atom. The molecule has 0 saturated carbocycles. The monoisotopic (exact) mass is 429 g/mol. The van der Waals surface area contributed by atoms with Gasteiger partial charge in [-0.3, -0.25) is 9.59 Å². The third-order valence-electron chi connectivity index (χ3n) is 5.70. The SMILES string of the molecule is Cc1ccc(S(=O)(=O)N2CCC(C(=O)Nc3ccc(C(N)=O)c(C)c3)CC2)cc1C. The molecule has 1 fully saturated rings. The maximum atomic E-state index is 12.9. The van der Waals surface area contributed by atoms with E-state index >= 15 is 0 Å². The molecule has 1 heterocycles. The molecule has 0 spiro atoms. The molecular formula is C22H27N3O4S. The lowest BCUT2D eigenvalue weighted by Crippen LogP contribution is -2.41. The number of primary amides is 1. The van der Waals surface area contributed by atoms with Crippen LogP contribution in [0.1, 0.15) is 39.9 Å². The molecule has 0 aromatic heterocycles. The molecule has 3 N–H and O–H groups in total. The van der Waals surface area contributed by atoms with Crippen molar-refractivity contribution < 1.29 is 18.0 Å². The van der Waals surface area contributed by atoms with E-state index in [0.29, 0.717) is 47.6 Å². The highest BCUT2D eigenvalue weighted by molar-refractivity contribution is 7.89. The van der Waals surface area contributed by atoms with Crippen molar-refractivity contribution in [1.29, 1.82) is 0 Å². The summed E-state index contributed by atoms with van der Waals surface area (Å²) in [6.45, 7) is 6.19. The average molecular weight is 430 g/mol. The van der Waals surface area contributed by atoms with E-state index in [0.717, 1.165) is 11.1 Å². The van der Waals surface area contributed by atoms with E-state index in [4.69, 9.17) is 5.73 Å². The Hall–Kier alpha value is -2.71. The number of piperidine rings is 1. The Bertz CT molecular complexity index is 1090. The van der Waals surface area contributed by atoms with Crippen molar-refractivity contribution in [3.8, 4) is 0 Å². The largest absolute Gasteiger partial charge is 0.366 e. The van der Waals surface area contributed by atoms with Gasteiger partial charge in [0.2, 0.25) is 21.8 Å². The molecule has 0 atom stereocenters. The number of sulfonamides is 1. The van der Waals surface area contributed by atoms with Gasteiger partial charge in [-0.25, -0.2) is 8.42 Å². The zero-order chi connectivity index (χ0) is 22.1. The van der Waals surface area contributed by atoms with E-state index in [2.05, 4.69) is 5.32 Å². The summed E-state index contributed by atoms with van der Waals surface area (Å²) in [5, 5.41) is 2.86. The molecule has 1 aliphatic rings. The summed E-state index contributed by atoms with van der Waals surface area (Å²) in [6.07, 6.45) is 0.905. The molecule has 1 saturated heterocycles. The zero-order valence-electron chi connectivity index (χ0n) is 17.4. The van der Waals surface area contributed by atoms with Crippen LogP contribution in [0.3, 0.4) is 0 Å². The first-order chi connectivity index (χ1) is 14.1. The van der Waals surface area contributed by atoms with Crippen LogP contribution >= 0.6 is 0 Å². The van der Waals surface area contributed by atoms with Gasteiger partial charge in [-0.15, -0.1) is 0 Å². The van der Waals surface area contributed by atoms with Crippen LogP contribution in [0.15, 0.2) is 41.3 Å². The van der Waals surface area contributed by atoms with Gasteiger partial charge in [0, 0.05) is 30.3 Å². The van der Waals surface area contributed by atoms with Crippen LogP contribution in [0.5, 0.6) is 0 Å². The first kappa shape index (κ1) is 22.0. The number of nitrogens with two attached hydrogens (primary N) is 1. The van der Waals surface area contributed by atoms with Crippen LogP contribution in [-0.2, 0) is 14.8 Å². The normalized spacial score (nSPS) is 15.7. The fraction of sp³-hybridized carbons (Fsp3) is 0.364. The Morgan fingerprint density at radius 1 is 0.967 bits per heavy atom. The molecule has 3 rings (SSSR count). The van der Waals surface area contributed by atoms with Crippen molar-refractivity contribution >= 4 is 27.5 Å². The lowest BCUT2D eigenvalue weighted by atomic mass is 9.97. The Kier molecular flexibility index (Phi) is 6.28. The predicted molar refractivity (Wildman–Crippen MR) is 116 cm³/mol. The topological polar surface area (TPSA) is 110 Å². The van der Waals surface area contributed by atoms with Gasteiger partial charge in [-0.1, -0.05) is 6.07 Å². The average Bonchev–Trinajstić information content (AvgIpc) is 2.69. The van der Waals surface area contributed by atoms with Gasteiger partial charge in [-0.2, -0.15) is 4.31 Å². The highest BCUT2D eigenvalue weighted by atomic mass is 32.2. The molecule has 1 aliphatic heterocycles. The van der Waals surface area contributed by atoms with Crippen molar-refractivity contribution in [1.82, 2.24) is 4.31 Å². The molecule has 0 bridgehead atoms. The minimum Gasteiger partial charge on any atom is -0.366 e. The first-order valence-electron chi connectivity index (χ1n) is 9.88. The third-order valence-corrected chi connectivity index (χ3v) is 7.59. The van der Waals surface area contributed by atoms with Gasteiger partial charge in [-0.05, 0) is 80.6 Å². The van der Waals surface area contributed by atoms with Crippen molar-refractivity contribution in [2.45, 2.75) is 38.5 Å². The molecule has 0 unspecified atom stereocenters. The number of hydrogen-bond acceptors (Lipinski definition) is 4. The van der Waals surface area contributed by atoms with Crippen molar-refractivity contribution in [2.75, 3.05) is 18.4 Å². The summed E-state index contributed by atoms with van der Waals surface area (Å²) in [5.74, 6) is -0.931. The number of rotatable bonds is 5. The summed E-state index contributed by atoms with van der Waals surface area (Å²) < 4.78 is 27.3. The third kappa shape index (κ3) is 4.55. The van der Waals surface area contributed by atoms with Crippen LogP contribution < -0.4 is 11.1 Å². The fourth-order valence-corrected chi connectivity index (χ4v) is 5.20. The highest BCUT2D eigenvalue weighted by Gasteiger charge is 2.32. The summed E-state index contributed by atoms with van der Waals surface area (Å²) in [7, 11) is -3.57. The van der Waals surface area contributed by atoms with Gasteiger partial charge in [0.15, 0.2) is 0 Å². The number of hydrogen-bond donors (Lipinski definition) is 2. The lowest BCUT2D eigenvalue weighted by molar-refractivity contribution is -0.120. The number of nitrogens with zero attached hydrogens (tertiary/aromatic N) is 1. The molecule has 30 heavy (non-hydrogen) atoms. The van der Waals surface area contributed by atoms with Crippen molar-refractivity contribution in [2.24, 2.45) is 11.7 Å². The molecule has 0 radical (unpaired) electrons. The highest BCUT2D eigenvalue weighted by Crippen LogP contribution is 2.26. The zero-order valence-corrected chi connectivity index (χ0v) is 18.3. The van der Waals surface area contributed by atoms with Gasteiger partial charge < -0.3 is 11.1 Å². The standard InChI is InChI=1S/C22H27N3O4S/c1-14-4-6-19(13-15(14)2)30(28,29)25-10-8-17(9-11-25)22(27)24-18-5-7-20(21(23)26)16(3)12-18/h4-7,12-13,17H,8-11H2,1-3H3,(H2,23,26)(H,24,27). The van der Waals surface area contributed by atoms with Gasteiger partial charge in [0.1, 0.15) is 0 Å². The predicted octanol–water partition coefficient (Wildman–Crippen LogP) is 2.75. The number of carbonyl (C=O) groups is 2. The van der Waals surface area contributed by atoms with E-state index in [9.17, 15) is 18.0 Å². The van der Waals surface area contributed by atoms with Crippen LogP contribution in [0.4, 0.5) is 5.69 Å². The van der Waals surface area contributed by atoms with Crippen molar-refractivity contribution in [3.63, 3.8) is 0 Å². The van der Waals surface area contributed by atoms with Crippen LogP contribution in [0, 0.1) is 26.7 Å². The van der Waals surface area contributed by atoms with E-state index in [-0.39, 0.29) is 11.8 Å². The Labute approximate surface area is 177 Å². The first-order valence-corrected chi connectivity index (χ1v) is 11.3. The van der Waals surface area contributed by atoms with Gasteiger partial charge in [0.25, 0.3) is 0 Å². The lowest BCUT2D eigenvalue weighted by Gasteiger charge is -2.30. The quantitative estimate of drug-likeness (QED) is 0.761. The second-order valence-electron chi connectivity index (χ2n) is 7.81. The number of aryl methyl sites for hydroxylation is 3. The second kappa shape index (κ2) is 8.57. The maximum Gasteiger partial charge on any atom is 0.248 e. The van der Waals surface area contributed by atoms with E-state index < -0.39 is 15.9 Å². The smallest absolute Gasteiger partial charge is 0.248 e. The van der Waals surface area contributed by atoms with Crippen LogP contribution in [0.2, 0.25) is 0 Å². The minimum absolute atomic E-state index is 0.149. The second-order valence-corrected chi connectivity index (χ2v) is 9.75. The molecule has 2 aromatic rings. The Morgan fingerprint density at radius 3 is 2.20 bits per heavy atom. The maximum absolute atomic E-state index is 12.9. The minimum atomic E-state index is -3.57. The molecule has 7 nitrogen and oxygen atoms in total. The van der Waals surface area contributed by atoms with Crippen molar-refractivity contribution in [3.05, 3.63) is 58.7 Å². The molecule has 160 valence electrons. The number of carbonyl (C=O) groups excluding carboxylic acids is 2. The van der Waals surface area contributed by atoms with Gasteiger partial charge >= 0.3 is 0 Å². The number of anilines is 1. The molecule has 8 heteroatoms. The summed E-state index contributed by atoms with van der Waals surface area (Å²) >= 11 is 0. The number of benzene rings is 2. The molecule has 2 amide bonds. The van der Waals surface area contributed by atoms with Crippen LogP contribution in [-0.4, -0.2) is 37.6 Å². The van der Waals surface area contributed by atoms with E-state index in [1.54, 1.807) is 37.3 Å². The van der Waals surface area contributed by atoms with Crippen LogP contribution in [0.25, 0.3) is 0 Å². The fourth-order valence-electron chi connectivity index (χ4n) is 3.64. The number of amides is 2. The van der Waals surface area contributed by atoms with Gasteiger partial charge in [0.05, 0.1) is 4.90 Å². The van der Waals surface area contributed by atoms with E-state index in [1.807, 2.05) is 19.9 Å². The van der Waals surface area contributed by atoms with E-state index in [1.165, 1.54) is 4.31 Å². The summed E-state index contributed by atoms with van der Waals surface area (Å²) in [6, 6.07) is 10.1. The molecule has 0 aliphatic carbocycles. The Balaban J connectivity index is 1.63. The molecular weight excluding hydrogens is 402 g/mol. The summed E-state index contributed by atoms with van der Waals surface area (Å²) in [5.41, 5.74) is 8.98. The molecule has 2 aromatic carbocycles. The summed E-state index contributed by atoms with van der Waals surface area (Å²) in [4.78, 5) is 24.3.